The van der Waals surface area contributed by atoms with Gasteiger partial charge in [-0.2, -0.15) is 0 Å². The van der Waals surface area contributed by atoms with E-state index in [4.69, 9.17) is 9.47 Å². The molecule has 0 spiro atoms. The van der Waals surface area contributed by atoms with Gasteiger partial charge in [-0.3, -0.25) is 4.79 Å². The van der Waals surface area contributed by atoms with E-state index in [9.17, 15) is 4.79 Å². The molecule has 0 aliphatic heterocycles. The van der Waals surface area contributed by atoms with Crippen LogP contribution in [0, 0.1) is 0 Å². The van der Waals surface area contributed by atoms with Crippen molar-refractivity contribution in [3.05, 3.63) is 57.8 Å². The average molecular weight is 323 g/mol. The van der Waals surface area contributed by atoms with Crippen molar-refractivity contribution in [2.24, 2.45) is 0 Å². The van der Waals surface area contributed by atoms with Gasteiger partial charge in [0.2, 0.25) is 5.43 Å². The molecule has 0 amide bonds. The summed E-state index contributed by atoms with van der Waals surface area (Å²) in [7, 11) is 3.20. The third-order valence-electron chi connectivity index (χ3n) is 4.17. The van der Waals surface area contributed by atoms with Crippen molar-refractivity contribution in [3.8, 4) is 11.5 Å². The molecule has 0 saturated carbocycles. The van der Waals surface area contributed by atoms with Crippen LogP contribution in [-0.2, 0) is 6.42 Å². The maximum Gasteiger partial charge on any atom is 0.200 e. The summed E-state index contributed by atoms with van der Waals surface area (Å²) in [5.41, 5.74) is 3.72. The molecule has 1 heterocycles. The Morgan fingerprint density at radius 3 is 2.50 bits per heavy atom. The second-order valence-electron chi connectivity index (χ2n) is 5.99. The monoisotopic (exact) mass is 323 g/mol. The smallest absolute Gasteiger partial charge is 0.200 e. The molecular formula is C20H21NO3. The van der Waals surface area contributed by atoms with Gasteiger partial charge in [-0.1, -0.05) is 23.8 Å². The van der Waals surface area contributed by atoms with E-state index in [0.717, 1.165) is 16.6 Å². The Morgan fingerprint density at radius 2 is 1.83 bits per heavy atom. The first-order valence-corrected chi connectivity index (χ1v) is 7.88. The van der Waals surface area contributed by atoms with Gasteiger partial charge >= 0.3 is 0 Å². The normalized spacial score (nSPS) is 10.8. The molecular weight excluding hydrogens is 302 g/mol. The lowest BCUT2D eigenvalue weighted by Gasteiger charge is -2.15. The molecule has 4 heteroatoms. The zero-order valence-electron chi connectivity index (χ0n) is 14.4. The third-order valence-corrected chi connectivity index (χ3v) is 4.17. The highest BCUT2D eigenvalue weighted by molar-refractivity contribution is 5.98. The van der Waals surface area contributed by atoms with Crippen molar-refractivity contribution < 1.29 is 9.47 Å². The van der Waals surface area contributed by atoms with Crippen molar-refractivity contribution in [1.29, 1.82) is 0 Å². The van der Waals surface area contributed by atoms with Crippen LogP contribution >= 0.6 is 0 Å². The van der Waals surface area contributed by atoms with Gasteiger partial charge < -0.3 is 14.5 Å². The largest absolute Gasteiger partial charge is 0.496 e. The number of fused-ring (bicyclic) bond motifs is 2. The molecule has 24 heavy (non-hydrogen) atoms. The first-order valence-electron chi connectivity index (χ1n) is 7.88. The van der Waals surface area contributed by atoms with Crippen molar-refractivity contribution >= 4 is 21.8 Å². The minimum atomic E-state index is -0.0303. The number of para-hydroxylation sites is 1. The van der Waals surface area contributed by atoms with E-state index in [-0.39, 0.29) is 5.43 Å². The molecule has 0 aliphatic carbocycles. The van der Waals surface area contributed by atoms with Crippen molar-refractivity contribution in [2.75, 3.05) is 14.2 Å². The number of benzene rings is 2. The highest BCUT2D eigenvalue weighted by Gasteiger charge is 2.17. The van der Waals surface area contributed by atoms with Gasteiger partial charge in [0.05, 0.1) is 25.1 Å². The lowest BCUT2D eigenvalue weighted by Crippen LogP contribution is -2.08. The summed E-state index contributed by atoms with van der Waals surface area (Å²) in [5.74, 6) is 1.23. The van der Waals surface area contributed by atoms with Gasteiger partial charge in [0.1, 0.15) is 11.5 Å². The number of pyridine rings is 1. The molecule has 124 valence electrons. The van der Waals surface area contributed by atoms with Crippen LogP contribution in [0.2, 0.25) is 0 Å². The Kier molecular flexibility index (Phi) is 4.30. The van der Waals surface area contributed by atoms with Crippen LogP contribution in [0.25, 0.3) is 21.8 Å². The van der Waals surface area contributed by atoms with Crippen molar-refractivity contribution in [1.82, 2.24) is 4.98 Å². The fourth-order valence-electron chi connectivity index (χ4n) is 2.95. The highest BCUT2D eigenvalue weighted by Crippen LogP contribution is 2.34. The fourth-order valence-corrected chi connectivity index (χ4v) is 2.95. The predicted octanol–water partition coefficient (Wildman–Crippen LogP) is 4.21. The Bertz CT molecular complexity index is 995. The number of ether oxygens (including phenoxy) is 2. The van der Waals surface area contributed by atoms with E-state index in [2.05, 4.69) is 24.9 Å². The van der Waals surface area contributed by atoms with Crippen LogP contribution in [-0.4, -0.2) is 19.2 Å². The van der Waals surface area contributed by atoms with Gasteiger partial charge in [0.25, 0.3) is 0 Å². The molecule has 0 unspecified atom stereocenters. The molecule has 0 radical (unpaired) electrons. The number of allylic oxidation sites excluding steroid dienone is 2. The molecule has 1 aromatic heterocycles. The summed E-state index contributed by atoms with van der Waals surface area (Å²) in [6, 6.07) is 9.31. The summed E-state index contributed by atoms with van der Waals surface area (Å²) in [6.45, 7) is 4.10. The Morgan fingerprint density at radius 1 is 1.12 bits per heavy atom. The maximum absolute atomic E-state index is 13.0. The summed E-state index contributed by atoms with van der Waals surface area (Å²) < 4.78 is 11.0. The third kappa shape index (κ3) is 2.64. The molecule has 0 saturated heterocycles. The first kappa shape index (κ1) is 16.1. The van der Waals surface area contributed by atoms with Crippen molar-refractivity contribution in [3.63, 3.8) is 0 Å². The predicted molar refractivity (Wildman–Crippen MR) is 98.3 cm³/mol. The quantitative estimate of drug-likeness (QED) is 0.578. The van der Waals surface area contributed by atoms with E-state index in [1.807, 2.05) is 24.3 Å². The van der Waals surface area contributed by atoms with Crippen LogP contribution in [0.3, 0.4) is 0 Å². The van der Waals surface area contributed by atoms with Gasteiger partial charge in [-0.05, 0) is 32.4 Å². The number of hydrogen-bond acceptors (Lipinski definition) is 3. The standard InChI is InChI=1S/C20H21NO3/c1-12(2)9-10-14-16(23-3)11-17(24-4)18-19(14)21-15-8-6-5-7-13(15)20(18)22/h5-9,11H,10H2,1-4H3,(H,21,22). The average Bonchev–Trinajstić information content (AvgIpc) is 2.59. The zero-order chi connectivity index (χ0) is 17.3. The number of rotatable bonds is 4. The maximum atomic E-state index is 13.0. The van der Waals surface area contributed by atoms with Crippen LogP contribution in [0.4, 0.5) is 0 Å². The molecule has 2 aromatic carbocycles. The van der Waals surface area contributed by atoms with Crippen LogP contribution in [0.5, 0.6) is 11.5 Å². The van der Waals surface area contributed by atoms with E-state index < -0.39 is 0 Å². The molecule has 3 rings (SSSR count). The molecule has 0 bridgehead atoms. The number of nitrogens with one attached hydrogen (secondary N) is 1. The minimum Gasteiger partial charge on any atom is -0.496 e. The number of H-pyrrole nitrogens is 1. The zero-order valence-corrected chi connectivity index (χ0v) is 14.4. The number of hydrogen-bond donors (Lipinski definition) is 1. The minimum absolute atomic E-state index is 0.0303. The first-order chi connectivity index (χ1) is 11.6. The fraction of sp³-hybridized carbons (Fsp3) is 0.250. The Labute approximate surface area is 140 Å². The van der Waals surface area contributed by atoms with E-state index >= 15 is 0 Å². The number of aromatic amines is 1. The van der Waals surface area contributed by atoms with Crippen LogP contribution in [0.15, 0.2) is 46.8 Å². The van der Waals surface area contributed by atoms with Crippen molar-refractivity contribution in [2.45, 2.75) is 20.3 Å². The molecule has 1 N–H and O–H groups in total. The SMILES string of the molecule is COc1cc(OC)c2c(=O)c3ccccc3[nH]c2c1CC=C(C)C. The topological polar surface area (TPSA) is 51.3 Å². The summed E-state index contributed by atoms with van der Waals surface area (Å²) in [5, 5.41) is 1.22. The van der Waals surface area contributed by atoms with E-state index in [1.54, 1.807) is 20.3 Å². The van der Waals surface area contributed by atoms with Gasteiger partial charge in [0.15, 0.2) is 0 Å². The summed E-state index contributed by atoms with van der Waals surface area (Å²) in [4.78, 5) is 16.4. The van der Waals surface area contributed by atoms with E-state index in [1.165, 1.54) is 5.57 Å². The summed E-state index contributed by atoms with van der Waals surface area (Å²) in [6.07, 6.45) is 2.80. The van der Waals surface area contributed by atoms with Gasteiger partial charge in [0, 0.05) is 22.5 Å². The lowest BCUT2D eigenvalue weighted by atomic mass is 10.0. The number of aromatic nitrogens is 1. The number of methoxy groups -OCH3 is 2. The second kappa shape index (κ2) is 6.40. The summed E-state index contributed by atoms with van der Waals surface area (Å²) >= 11 is 0. The molecule has 0 aliphatic rings. The second-order valence-corrected chi connectivity index (χ2v) is 5.99. The molecule has 3 aromatic rings. The van der Waals surface area contributed by atoms with Gasteiger partial charge in [-0.15, -0.1) is 0 Å². The Balaban J connectivity index is 2.48. The van der Waals surface area contributed by atoms with Crippen LogP contribution in [0.1, 0.15) is 19.4 Å². The van der Waals surface area contributed by atoms with Crippen LogP contribution < -0.4 is 14.9 Å². The highest BCUT2D eigenvalue weighted by atomic mass is 16.5. The van der Waals surface area contributed by atoms with Gasteiger partial charge in [-0.25, -0.2) is 0 Å². The lowest BCUT2D eigenvalue weighted by molar-refractivity contribution is 0.395. The Hall–Kier alpha value is -2.75. The molecule has 4 nitrogen and oxygen atoms in total. The molecule has 0 atom stereocenters. The molecule has 0 fully saturated rings. The van der Waals surface area contributed by atoms with E-state index in [0.29, 0.717) is 28.7 Å².